The highest BCUT2D eigenvalue weighted by atomic mass is 19.1. The number of aromatic nitrogens is 2. The minimum atomic E-state index is -0.486. The van der Waals surface area contributed by atoms with E-state index in [9.17, 15) is 14.5 Å². The Morgan fingerprint density at radius 1 is 1.25 bits per heavy atom. The van der Waals surface area contributed by atoms with Crippen molar-refractivity contribution in [3.05, 3.63) is 95.0 Å². The van der Waals surface area contributed by atoms with Crippen LogP contribution >= 0.6 is 0 Å². The first-order chi connectivity index (χ1) is 13.5. The van der Waals surface area contributed by atoms with Crippen molar-refractivity contribution in [3.63, 3.8) is 0 Å². The molecule has 28 heavy (non-hydrogen) atoms. The molecule has 0 atom stereocenters. The normalized spacial score (nSPS) is 11.7. The maximum Gasteiger partial charge on any atom is 0.270 e. The predicted octanol–water partition coefficient (Wildman–Crippen LogP) is 5.40. The van der Waals surface area contributed by atoms with E-state index >= 15 is 0 Å². The van der Waals surface area contributed by atoms with Gasteiger partial charge in [-0.05, 0) is 37.3 Å². The number of nitrogens with one attached hydrogen (secondary N) is 1. The molecular formula is C21H17FN4O2. The van der Waals surface area contributed by atoms with Crippen molar-refractivity contribution in [2.45, 2.75) is 6.92 Å². The van der Waals surface area contributed by atoms with E-state index in [1.165, 1.54) is 24.3 Å². The van der Waals surface area contributed by atoms with Crippen molar-refractivity contribution in [1.82, 2.24) is 9.97 Å². The number of nitrogens with zero attached hydrogens (tertiary/aromatic N) is 3. The summed E-state index contributed by atoms with van der Waals surface area (Å²) in [5.41, 5.74) is 1.28. The van der Waals surface area contributed by atoms with Crippen LogP contribution in [0.1, 0.15) is 6.92 Å². The molecule has 0 saturated heterocycles. The molecule has 2 aromatic carbocycles. The maximum absolute atomic E-state index is 14.3. The number of anilines is 1. The van der Waals surface area contributed by atoms with E-state index in [1.807, 2.05) is 13.0 Å². The van der Waals surface area contributed by atoms with Gasteiger partial charge in [0.15, 0.2) is 5.82 Å². The molecule has 0 unspecified atom stereocenters. The molecule has 1 aromatic heterocycles. The molecule has 0 fully saturated rings. The summed E-state index contributed by atoms with van der Waals surface area (Å²) >= 11 is 0. The molecule has 0 radical (unpaired) electrons. The number of nitro groups is 1. The van der Waals surface area contributed by atoms with E-state index in [1.54, 1.807) is 36.4 Å². The predicted molar refractivity (Wildman–Crippen MR) is 108 cm³/mol. The standard InChI is InChI=1S/C21H17FN4O2/c1-3-7-14(8-4-2)23-21-17-13-15(26(27)28)11-12-19(17)24-20(25-21)16-9-5-6-10-18(16)22/h3-13H,1H2,2H3,(H,23,24,25)/b8-4-,14-7+. The van der Waals surface area contributed by atoms with Gasteiger partial charge in [-0.25, -0.2) is 14.4 Å². The van der Waals surface area contributed by atoms with Crippen LogP contribution in [0.3, 0.4) is 0 Å². The van der Waals surface area contributed by atoms with Crippen molar-refractivity contribution >= 4 is 22.4 Å². The SMILES string of the molecule is C=C/C=C(\C=C/C)Nc1nc(-c2ccccc2F)nc2ccc([N+](=O)[O-])cc12. The lowest BCUT2D eigenvalue weighted by atomic mass is 10.1. The number of nitro benzene ring substituents is 1. The second-order valence-corrected chi connectivity index (χ2v) is 5.82. The average Bonchev–Trinajstić information content (AvgIpc) is 2.68. The molecule has 0 bridgehead atoms. The minimum Gasteiger partial charge on any atom is -0.340 e. The van der Waals surface area contributed by atoms with Crippen molar-refractivity contribution in [3.8, 4) is 11.4 Å². The number of hydrogen-bond donors (Lipinski definition) is 1. The summed E-state index contributed by atoms with van der Waals surface area (Å²) in [5, 5.41) is 14.8. The summed E-state index contributed by atoms with van der Waals surface area (Å²) in [5.74, 6) is 0.0589. The number of fused-ring (bicyclic) bond motifs is 1. The van der Waals surface area contributed by atoms with Gasteiger partial charge in [-0.3, -0.25) is 10.1 Å². The minimum absolute atomic E-state index is 0.0851. The monoisotopic (exact) mass is 376 g/mol. The fraction of sp³-hybridized carbons (Fsp3) is 0.0476. The second kappa shape index (κ2) is 8.22. The molecule has 0 aliphatic heterocycles. The molecule has 1 N–H and O–H groups in total. The molecule has 3 rings (SSSR count). The molecule has 0 spiro atoms. The summed E-state index contributed by atoms with van der Waals surface area (Å²) in [6.45, 7) is 5.53. The van der Waals surface area contributed by atoms with Crippen LogP contribution in [0.25, 0.3) is 22.3 Å². The van der Waals surface area contributed by atoms with Crippen LogP contribution in [0.15, 0.2) is 79.0 Å². The number of rotatable bonds is 6. The van der Waals surface area contributed by atoms with Crippen molar-refractivity contribution in [2.24, 2.45) is 0 Å². The lowest BCUT2D eigenvalue weighted by Gasteiger charge is -2.12. The fourth-order valence-electron chi connectivity index (χ4n) is 2.67. The van der Waals surface area contributed by atoms with Gasteiger partial charge < -0.3 is 5.32 Å². The van der Waals surface area contributed by atoms with E-state index in [0.29, 0.717) is 22.4 Å². The molecule has 3 aromatic rings. The average molecular weight is 376 g/mol. The summed E-state index contributed by atoms with van der Waals surface area (Å²) < 4.78 is 14.3. The molecular weight excluding hydrogens is 359 g/mol. The summed E-state index contributed by atoms with van der Waals surface area (Å²) in [7, 11) is 0. The van der Waals surface area contributed by atoms with Gasteiger partial charge in [0, 0.05) is 23.2 Å². The Morgan fingerprint density at radius 3 is 2.71 bits per heavy atom. The molecule has 0 aliphatic rings. The first kappa shape index (κ1) is 18.9. The first-order valence-corrected chi connectivity index (χ1v) is 8.47. The van der Waals surface area contributed by atoms with E-state index in [4.69, 9.17) is 0 Å². The van der Waals surface area contributed by atoms with Gasteiger partial charge in [0.1, 0.15) is 11.6 Å². The Morgan fingerprint density at radius 2 is 2.04 bits per heavy atom. The lowest BCUT2D eigenvalue weighted by molar-refractivity contribution is -0.384. The van der Waals surface area contributed by atoms with E-state index < -0.39 is 10.7 Å². The Balaban J connectivity index is 2.25. The topological polar surface area (TPSA) is 81.0 Å². The maximum atomic E-state index is 14.3. The summed E-state index contributed by atoms with van der Waals surface area (Å²) in [6.07, 6.45) is 6.96. The number of benzene rings is 2. The van der Waals surface area contributed by atoms with Crippen molar-refractivity contribution < 1.29 is 9.31 Å². The number of non-ortho nitro benzene ring substituents is 1. The second-order valence-electron chi connectivity index (χ2n) is 5.82. The van der Waals surface area contributed by atoms with Crippen LogP contribution in [0.2, 0.25) is 0 Å². The van der Waals surface area contributed by atoms with Crippen LogP contribution in [0.4, 0.5) is 15.9 Å². The Bertz CT molecular complexity index is 1120. The highest BCUT2D eigenvalue weighted by Crippen LogP contribution is 2.30. The Kier molecular flexibility index (Phi) is 5.55. The molecule has 1 heterocycles. The van der Waals surface area contributed by atoms with Gasteiger partial charge in [-0.2, -0.15) is 0 Å². The van der Waals surface area contributed by atoms with Gasteiger partial charge in [0.2, 0.25) is 0 Å². The highest BCUT2D eigenvalue weighted by molar-refractivity contribution is 5.93. The first-order valence-electron chi connectivity index (χ1n) is 8.47. The fourth-order valence-corrected chi connectivity index (χ4v) is 2.67. The van der Waals surface area contributed by atoms with Crippen LogP contribution in [-0.2, 0) is 0 Å². The highest BCUT2D eigenvalue weighted by Gasteiger charge is 2.16. The van der Waals surface area contributed by atoms with Gasteiger partial charge in [0.25, 0.3) is 5.69 Å². The van der Waals surface area contributed by atoms with E-state index in [0.717, 1.165) is 0 Å². The number of halogens is 1. The third-order valence-corrected chi connectivity index (χ3v) is 3.91. The lowest BCUT2D eigenvalue weighted by Crippen LogP contribution is -2.04. The largest absolute Gasteiger partial charge is 0.340 e. The molecule has 140 valence electrons. The number of hydrogen-bond acceptors (Lipinski definition) is 5. The summed E-state index contributed by atoms with van der Waals surface area (Å²) in [6, 6.07) is 10.5. The van der Waals surface area contributed by atoms with E-state index in [-0.39, 0.29) is 17.1 Å². The van der Waals surface area contributed by atoms with Gasteiger partial charge in [-0.15, -0.1) is 0 Å². The van der Waals surface area contributed by atoms with Gasteiger partial charge >= 0.3 is 0 Å². The zero-order chi connectivity index (χ0) is 20.1. The van der Waals surface area contributed by atoms with Crippen LogP contribution < -0.4 is 5.32 Å². The molecule has 6 nitrogen and oxygen atoms in total. The van der Waals surface area contributed by atoms with E-state index in [2.05, 4.69) is 21.9 Å². The third kappa shape index (κ3) is 3.93. The Hall–Kier alpha value is -3.87. The Labute approximate surface area is 160 Å². The molecule has 0 amide bonds. The third-order valence-electron chi connectivity index (χ3n) is 3.91. The quantitative estimate of drug-likeness (QED) is 0.354. The number of allylic oxidation sites excluding steroid dienone is 4. The van der Waals surface area contributed by atoms with Crippen molar-refractivity contribution in [2.75, 3.05) is 5.32 Å². The smallest absolute Gasteiger partial charge is 0.270 e. The zero-order valence-corrected chi connectivity index (χ0v) is 15.1. The van der Waals surface area contributed by atoms with Crippen molar-refractivity contribution in [1.29, 1.82) is 0 Å². The zero-order valence-electron chi connectivity index (χ0n) is 15.1. The van der Waals surface area contributed by atoms with Gasteiger partial charge in [0.05, 0.1) is 16.0 Å². The molecule has 0 aliphatic carbocycles. The van der Waals surface area contributed by atoms with Gasteiger partial charge in [-0.1, -0.05) is 30.9 Å². The van der Waals surface area contributed by atoms with Crippen LogP contribution in [0, 0.1) is 15.9 Å². The molecule has 0 saturated carbocycles. The molecule has 7 heteroatoms. The summed E-state index contributed by atoms with van der Waals surface area (Å²) in [4.78, 5) is 19.5. The van der Waals surface area contributed by atoms with Crippen LogP contribution in [-0.4, -0.2) is 14.9 Å². The van der Waals surface area contributed by atoms with Crippen LogP contribution in [0.5, 0.6) is 0 Å².